The number of aromatic nitrogens is 3. The monoisotopic (exact) mass is 322 g/mol. The number of carbonyl (C=O) groups excluding carboxylic acids is 1. The van der Waals surface area contributed by atoms with E-state index in [2.05, 4.69) is 15.3 Å². The molecule has 0 bridgehead atoms. The van der Waals surface area contributed by atoms with Crippen LogP contribution < -0.4 is 5.32 Å². The molecule has 0 saturated heterocycles. The molecule has 3 aromatic rings. The van der Waals surface area contributed by atoms with Gasteiger partial charge in [-0.2, -0.15) is 0 Å². The van der Waals surface area contributed by atoms with E-state index >= 15 is 0 Å². The molecule has 1 aromatic carbocycles. The lowest BCUT2D eigenvalue weighted by Crippen LogP contribution is -2.29. The van der Waals surface area contributed by atoms with Crippen LogP contribution in [-0.2, 0) is 0 Å². The van der Waals surface area contributed by atoms with Gasteiger partial charge in [0.1, 0.15) is 12.1 Å². The smallest absolute Gasteiger partial charge is 0.253 e. The Balaban J connectivity index is 1.73. The molecule has 6 heteroatoms. The van der Waals surface area contributed by atoms with Crippen molar-refractivity contribution in [2.75, 3.05) is 6.61 Å². The zero-order chi connectivity index (χ0) is 16.8. The Hall–Kier alpha value is -2.99. The first-order valence-electron chi connectivity index (χ1n) is 7.69. The summed E-state index contributed by atoms with van der Waals surface area (Å²) < 4.78 is 1.76. The minimum atomic E-state index is -0.239. The standard InChI is InChI=1S/C18H18N4O2/c23-11-8-16(14-4-2-1-3-5-14)21-18(24)15-6-7-17(20-12-15)22-10-9-19-13-22/h1-7,9-10,12-13,16,23H,8,11H2,(H,21,24). The number of imidazole rings is 1. The molecule has 0 aliphatic carbocycles. The number of pyridine rings is 1. The molecule has 1 amide bonds. The third-order valence-electron chi connectivity index (χ3n) is 3.70. The van der Waals surface area contributed by atoms with Crippen molar-refractivity contribution in [2.45, 2.75) is 12.5 Å². The van der Waals surface area contributed by atoms with Gasteiger partial charge >= 0.3 is 0 Å². The van der Waals surface area contributed by atoms with E-state index in [-0.39, 0.29) is 18.6 Å². The van der Waals surface area contributed by atoms with Crippen molar-refractivity contribution in [1.29, 1.82) is 0 Å². The van der Waals surface area contributed by atoms with Crippen LogP contribution in [0.4, 0.5) is 0 Å². The normalized spacial score (nSPS) is 11.9. The molecular weight excluding hydrogens is 304 g/mol. The van der Waals surface area contributed by atoms with E-state index in [1.54, 1.807) is 35.4 Å². The highest BCUT2D eigenvalue weighted by Gasteiger charge is 2.15. The van der Waals surface area contributed by atoms with E-state index in [1.807, 2.05) is 30.3 Å². The van der Waals surface area contributed by atoms with E-state index < -0.39 is 0 Å². The number of hydrogen-bond donors (Lipinski definition) is 2. The molecule has 1 atom stereocenters. The molecular formula is C18H18N4O2. The highest BCUT2D eigenvalue weighted by Crippen LogP contribution is 2.17. The molecule has 122 valence electrons. The number of aliphatic hydroxyl groups excluding tert-OH is 1. The summed E-state index contributed by atoms with van der Waals surface area (Å²) in [5.74, 6) is 0.473. The molecule has 6 nitrogen and oxygen atoms in total. The van der Waals surface area contributed by atoms with Crippen molar-refractivity contribution < 1.29 is 9.90 Å². The number of nitrogens with zero attached hydrogens (tertiary/aromatic N) is 3. The van der Waals surface area contributed by atoms with E-state index in [4.69, 9.17) is 0 Å². The Labute approximate surface area is 139 Å². The van der Waals surface area contributed by atoms with Crippen LogP contribution in [0.3, 0.4) is 0 Å². The molecule has 2 aromatic heterocycles. The number of rotatable bonds is 6. The maximum Gasteiger partial charge on any atom is 0.253 e. The Bertz CT molecular complexity index is 771. The summed E-state index contributed by atoms with van der Waals surface area (Å²) in [4.78, 5) is 20.7. The van der Waals surface area contributed by atoms with Gasteiger partial charge in [0.15, 0.2) is 0 Å². The lowest BCUT2D eigenvalue weighted by Gasteiger charge is -2.18. The van der Waals surface area contributed by atoms with Crippen molar-refractivity contribution in [3.8, 4) is 5.82 Å². The summed E-state index contributed by atoms with van der Waals surface area (Å²) in [7, 11) is 0. The molecule has 1 unspecified atom stereocenters. The zero-order valence-electron chi connectivity index (χ0n) is 13.0. The Kier molecular flexibility index (Phi) is 4.98. The predicted molar refractivity (Wildman–Crippen MR) is 89.7 cm³/mol. The van der Waals surface area contributed by atoms with Crippen LogP contribution in [0.2, 0.25) is 0 Å². The van der Waals surface area contributed by atoms with Crippen LogP contribution in [0.1, 0.15) is 28.4 Å². The molecule has 0 fully saturated rings. The van der Waals surface area contributed by atoms with Gasteiger partial charge in [-0.25, -0.2) is 9.97 Å². The van der Waals surface area contributed by atoms with Gasteiger partial charge in [0.2, 0.25) is 0 Å². The minimum absolute atomic E-state index is 0.00232. The van der Waals surface area contributed by atoms with Crippen molar-refractivity contribution in [3.05, 3.63) is 78.5 Å². The fourth-order valence-corrected chi connectivity index (χ4v) is 2.45. The van der Waals surface area contributed by atoms with Crippen molar-refractivity contribution >= 4 is 5.91 Å². The zero-order valence-corrected chi connectivity index (χ0v) is 13.0. The third-order valence-corrected chi connectivity index (χ3v) is 3.70. The minimum Gasteiger partial charge on any atom is -0.396 e. The van der Waals surface area contributed by atoms with Crippen LogP contribution in [0.5, 0.6) is 0 Å². The largest absolute Gasteiger partial charge is 0.396 e. The summed E-state index contributed by atoms with van der Waals surface area (Å²) >= 11 is 0. The number of aliphatic hydroxyl groups is 1. The Morgan fingerprint density at radius 1 is 1.21 bits per heavy atom. The first-order chi connectivity index (χ1) is 11.8. The van der Waals surface area contributed by atoms with Crippen molar-refractivity contribution in [3.63, 3.8) is 0 Å². The summed E-state index contributed by atoms with van der Waals surface area (Å²) in [6.45, 7) is -0.00232. The third kappa shape index (κ3) is 3.67. The van der Waals surface area contributed by atoms with Crippen molar-refractivity contribution in [2.24, 2.45) is 0 Å². The maximum atomic E-state index is 12.4. The summed E-state index contributed by atoms with van der Waals surface area (Å²) in [6.07, 6.45) is 7.09. The van der Waals surface area contributed by atoms with Crippen LogP contribution in [-0.4, -0.2) is 32.2 Å². The van der Waals surface area contributed by atoms with Crippen LogP contribution in [0, 0.1) is 0 Å². The second-order valence-corrected chi connectivity index (χ2v) is 5.32. The van der Waals surface area contributed by atoms with Crippen LogP contribution in [0.15, 0.2) is 67.4 Å². The van der Waals surface area contributed by atoms with Gasteiger partial charge in [0.25, 0.3) is 5.91 Å². The molecule has 0 aliphatic rings. The molecule has 0 spiro atoms. The molecule has 2 heterocycles. The fraction of sp³-hybridized carbons (Fsp3) is 0.167. The lowest BCUT2D eigenvalue weighted by atomic mass is 10.0. The number of benzene rings is 1. The SMILES string of the molecule is O=C(NC(CCO)c1ccccc1)c1ccc(-n2ccnc2)nc1. The van der Waals surface area contributed by atoms with Gasteiger partial charge in [-0.3, -0.25) is 9.36 Å². The second kappa shape index (κ2) is 7.52. The van der Waals surface area contributed by atoms with Gasteiger partial charge in [-0.05, 0) is 24.1 Å². The predicted octanol–water partition coefficient (Wildman–Crippen LogP) is 2.12. The van der Waals surface area contributed by atoms with E-state index in [0.29, 0.717) is 17.8 Å². The summed E-state index contributed by atoms with van der Waals surface area (Å²) in [6, 6.07) is 12.8. The molecule has 3 rings (SSSR count). The van der Waals surface area contributed by atoms with Crippen molar-refractivity contribution in [1.82, 2.24) is 19.9 Å². The number of hydrogen-bond acceptors (Lipinski definition) is 4. The average molecular weight is 322 g/mol. The van der Waals surface area contributed by atoms with E-state index in [1.165, 1.54) is 6.20 Å². The van der Waals surface area contributed by atoms with Gasteiger partial charge in [-0.1, -0.05) is 30.3 Å². The van der Waals surface area contributed by atoms with Crippen LogP contribution >= 0.6 is 0 Å². The highest BCUT2D eigenvalue weighted by atomic mass is 16.3. The van der Waals surface area contributed by atoms with Gasteiger partial charge < -0.3 is 10.4 Å². The van der Waals surface area contributed by atoms with Gasteiger partial charge in [0, 0.05) is 25.2 Å². The summed E-state index contributed by atoms with van der Waals surface area (Å²) in [5.41, 5.74) is 1.43. The first kappa shape index (κ1) is 15.9. The topological polar surface area (TPSA) is 80.0 Å². The van der Waals surface area contributed by atoms with E-state index in [0.717, 1.165) is 5.56 Å². The quantitative estimate of drug-likeness (QED) is 0.728. The first-order valence-corrected chi connectivity index (χ1v) is 7.69. The second-order valence-electron chi connectivity index (χ2n) is 5.32. The summed E-state index contributed by atoms with van der Waals surface area (Å²) in [5, 5.41) is 12.2. The van der Waals surface area contributed by atoms with Crippen LogP contribution in [0.25, 0.3) is 5.82 Å². The average Bonchev–Trinajstić information content (AvgIpc) is 3.17. The highest BCUT2D eigenvalue weighted by molar-refractivity contribution is 5.94. The lowest BCUT2D eigenvalue weighted by molar-refractivity contribution is 0.0929. The Morgan fingerprint density at radius 3 is 2.67 bits per heavy atom. The van der Waals surface area contributed by atoms with Gasteiger partial charge in [0.05, 0.1) is 11.6 Å². The molecule has 2 N–H and O–H groups in total. The Morgan fingerprint density at radius 2 is 2.04 bits per heavy atom. The number of nitrogens with one attached hydrogen (secondary N) is 1. The molecule has 24 heavy (non-hydrogen) atoms. The molecule has 0 aliphatic heterocycles. The number of amides is 1. The fourth-order valence-electron chi connectivity index (χ4n) is 2.45. The number of carbonyl (C=O) groups is 1. The molecule has 0 radical (unpaired) electrons. The molecule has 0 saturated carbocycles. The maximum absolute atomic E-state index is 12.4. The van der Waals surface area contributed by atoms with E-state index in [9.17, 15) is 9.90 Å². The van der Waals surface area contributed by atoms with Gasteiger partial charge in [-0.15, -0.1) is 0 Å².